The number of rotatable bonds is 2. The van der Waals surface area contributed by atoms with Gasteiger partial charge in [0.1, 0.15) is 0 Å². The highest BCUT2D eigenvalue weighted by Crippen LogP contribution is 2.21. The SMILES string of the molecule is O=C(NC1CC(O)C1)C1CCOCC1. The summed E-state index contributed by atoms with van der Waals surface area (Å²) in [5.74, 6) is 0.270. The van der Waals surface area contributed by atoms with Crippen LogP contribution in [0, 0.1) is 5.92 Å². The first-order valence-electron chi connectivity index (χ1n) is 5.32. The molecule has 1 aliphatic heterocycles. The number of hydrogen-bond donors (Lipinski definition) is 2. The number of amides is 1. The molecule has 0 aromatic carbocycles. The van der Waals surface area contributed by atoms with Crippen LogP contribution in [0.5, 0.6) is 0 Å². The number of aliphatic hydroxyl groups excluding tert-OH is 1. The Morgan fingerprint density at radius 3 is 2.50 bits per heavy atom. The molecule has 0 aromatic heterocycles. The van der Waals surface area contributed by atoms with E-state index >= 15 is 0 Å². The fourth-order valence-corrected chi connectivity index (χ4v) is 1.98. The second-order valence-corrected chi connectivity index (χ2v) is 4.22. The highest BCUT2D eigenvalue weighted by atomic mass is 16.5. The van der Waals surface area contributed by atoms with Crippen LogP contribution in [0.25, 0.3) is 0 Å². The molecule has 2 fully saturated rings. The predicted octanol–water partition coefficient (Wildman–Crippen LogP) is 0.0525. The highest BCUT2D eigenvalue weighted by Gasteiger charge is 2.30. The molecule has 1 aliphatic carbocycles. The lowest BCUT2D eigenvalue weighted by Crippen LogP contribution is -2.49. The van der Waals surface area contributed by atoms with E-state index in [0.717, 1.165) is 25.7 Å². The van der Waals surface area contributed by atoms with Crippen molar-refractivity contribution < 1.29 is 14.6 Å². The van der Waals surface area contributed by atoms with Crippen molar-refractivity contribution in [1.29, 1.82) is 0 Å². The molecule has 0 atom stereocenters. The number of carbonyl (C=O) groups is 1. The molecule has 4 nitrogen and oxygen atoms in total. The van der Waals surface area contributed by atoms with Crippen LogP contribution in [0.1, 0.15) is 25.7 Å². The Bertz CT molecular complexity index is 207. The summed E-state index contributed by atoms with van der Waals surface area (Å²) in [5.41, 5.74) is 0. The summed E-state index contributed by atoms with van der Waals surface area (Å²) in [6, 6.07) is 0.209. The van der Waals surface area contributed by atoms with Gasteiger partial charge in [-0.2, -0.15) is 0 Å². The van der Waals surface area contributed by atoms with Crippen LogP contribution >= 0.6 is 0 Å². The van der Waals surface area contributed by atoms with E-state index in [-0.39, 0.29) is 24.0 Å². The minimum atomic E-state index is -0.199. The van der Waals surface area contributed by atoms with Crippen molar-refractivity contribution in [1.82, 2.24) is 5.32 Å². The third kappa shape index (κ3) is 2.25. The number of carbonyl (C=O) groups excluding carboxylic acids is 1. The molecule has 1 amide bonds. The zero-order valence-electron chi connectivity index (χ0n) is 8.24. The largest absolute Gasteiger partial charge is 0.393 e. The Morgan fingerprint density at radius 1 is 1.29 bits per heavy atom. The van der Waals surface area contributed by atoms with Gasteiger partial charge in [0.15, 0.2) is 0 Å². The number of nitrogens with one attached hydrogen (secondary N) is 1. The Balaban J connectivity index is 1.71. The van der Waals surface area contributed by atoms with Gasteiger partial charge in [-0.1, -0.05) is 0 Å². The van der Waals surface area contributed by atoms with Gasteiger partial charge < -0.3 is 15.2 Å². The summed E-state index contributed by atoms with van der Waals surface area (Å²) < 4.78 is 5.19. The van der Waals surface area contributed by atoms with Gasteiger partial charge in [0.2, 0.25) is 5.91 Å². The van der Waals surface area contributed by atoms with E-state index in [1.54, 1.807) is 0 Å². The molecule has 14 heavy (non-hydrogen) atoms. The molecule has 0 aromatic rings. The Hall–Kier alpha value is -0.610. The zero-order chi connectivity index (χ0) is 9.97. The first-order chi connectivity index (χ1) is 6.75. The van der Waals surface area contributed by atoms with Crippen molar-refractivity contribution >= 4 is 5.91 Å². The van der Waals surface area contributed by atoms with Gasteiger partial charge in [-0.15, -0.1) is 0 Å². The van der Waals surface area contributed by atoms with E-state index in [0.29, 0.717) is 13.2 Å². The second kappa shape index (κ2) is 4.28. The van der Waals surface area contributed by atoms with Crippen molar-refractivity contribution in [3.05, 3.63) is 0 Å². The maximum absolute atomic E-state index is 11.7. The van der Waals surface area contributed by atoms with Gasteiger partial charge >= 0.3 is 0 Å². The molecule has 0 unspecified atom stereocenters. The molecule has 2 N–H and O–H groups in total. The van der Waals surface area contributed by atoms with Crippen LogP contribution in [-0.2, 0) is 9.53 Å². The van der Waals surface area contributed by atoms with E-state index in [1.807, 2.05) is 0 Å². The van der Waals surface area contributed by atoms with E-state index in [1.165, 1.54) is 0 Å². The molecule has 1 saturated heterocycles. The Kier molecular flexibility index (Phi) is 3.03. The van der Waals surface area contributed by atoms with Crippen molar-refractivity contribution in [3.8, 4) is 0 Å². The summed E-state index contributed by atoms with van der Waals surface area (Å²) in [5, 5.41) is 12.0. The van der Waals surface area contributed by atoms with Gasteiger partial charge in [-0.05, 0) is 25.7 Å². The lowest BCUT2D eigenvalue weighted by molar-refractivity contribution is -0.129. The Labute approximate surface area is 83.6 Å². The van der Waals surface area contributed by atoms with E-state index in [2.05, 4.69) is 5.32 Å². The smallest absolute Gasteiger partial charge is 0.223 e. The Morgan fingerprint density at radius 2 is 1.93 bits per heavy atom. The van der Waals surface area contributed by atoms with Gasteiger partial charge in [-0.3, -0.25) is 4.79 Å². The van der Waals surface area contributed by atoms with E-state index in [4.69, 9.17) is 9.84 Å². The lowest BCUT2D eigenvalue weighted by Gasteiger charge is -2.33. The monoisotopic (exact) mass is 199 g/mol. The fourth-order valence-electron chi connectivity index (χ4n) is 1.98. The minimum Gasteiger partial charge on any atom is -0.393 e. The molecule has 4 heteroatoms. The average Bonchev–Trinajstić information content (AvgIpc) is 2.17. The van der Waals surface area contributed by atoms with Gasteiger partial charge in [0.05, 0.1) is 6.10 Å². The molecule has 0 spiro atoms. The van der Waals surface area contributed by atoms with Gasteiger partial charge in [0, 0.05) is 25.2 Å². The normalized spacial score (nSPS) is 33.5. The molecular weight excluding hydrogens is 182 g/mol. The second-order valence-electron chi connectivity index (χ2n) is 4.22. The number of aliphatic hydroxyl groups is 1. The first-order valence-corrected chi connectivity index (χ1v) is 5.32. The molecule has 2 rings (SSSR count). The summed E-state index contributed by atoms with van der Waals surface area (Å²) in [4.78, 5) is 11.7. The topological polar surface area (TPSA) is 58.6 Å². The minimum absolute atomic E-state index is 0.126. The zero-order valence-corrected chi connectivity index (χ0v) is 8.24. The van der Waals surface area contributed by atoms with Crippen LogP contribution in [0.2, 0.25) is 0 Å². The summed E-state index contributed by atoms with van der Waals surface area (Å²) in [6.07, 6.45) is 2.90. The lowest BCUT2D eigenvalue weighted by atomic mass is 9.88. The average molecular weight is 199 g/mol. The van der Waals surface area contributed by atoms with Crippen molar-refractivity contribution in [3.63, 3.8) is 0 Å². The molecular formula is C10H17NO3. The number of hydrogen-bond acceptors (Lipinski definition) is 3. The van der Waals surface area contributed by atoms with Crippen LogP contribution < -0.4 is 5.32 Å². The van der Waals surface area contributed by atoms with Crippen molar-refractivity contribution in [2.45, 2.75) is 37.8 Å². The third-order valence-electron chi connectivity index (χ3n) is 3.05. The summed E-state index contributed by atoms with van der Waals surface area (Å²) in [7, 11) is 0. The van der Waals surface area contributed by atoms with E-state index < -0.39 is 0 Å². The van der Waals surface area contributed by atoms with Crippen LogP contribution in [0.4, 0.5) is 0 Å². The van der Waals surface area contributed by atoms with Crippen LogP contribution in [0.15, 0.2) is 0 Å². The van der Waals surface area contributed by atoms with Gasteiger partial charge in [-0.25, -0.2) is 0 Å². The maximum atomic E-state index is 11.7. The highest BCUT2D eigenvalue weighted by molar-refractivity contribution is 5.79. The summed E-state index contributed by atoms with van der Waals surface area (Å²) >= 11 is 0. The predicted molar refractivity (Wildman–Crippen MR) is 50.7 cm³/mol. The standard InChI is InChI=1S/C10H17NO3/c12-9-5-8(6-9)11-10(13)7-1-3-14-4-2-7/h7-9,12H,1-6H2,(H,11,13). The van der Waals surface area contributed by atoms with Crippen molar-refractivity contribution in [2.75, 3.05) is 13.2 Å². The quantitative estimate of drug-likeness (QED) is 0.661. The summed E-state index contributed by atoms with van der Waals surface area (Å²) in [6.45, 7) is 1.40. The van der Waals surface area contributed by atoms with Crippen LogP contribution in [-0.4, -0.2) is 36.4 Å². The molecule has 1 saturated carbocycles. The molecule has 1 heterocycles. The van der Waals surface area contributed by atoms with Gasteiger partial charge in [0.25, 0.3) is 0 Å². The fraction of sp³-hybridized carbons (Fsp3) is 0.900. The molecule has 2 aliphatic rings. The molecule has 80 valence electrons. The third-order valence-corrected chi connectivity index (χ3v) is 3.05. The van der Waals surface area contributed by atoms with Crippen molar-refractivity contribution in [2.24, 2.45) is 5.92 Å². The number of ether oxygens (including phenoxy) is 1. The van der Waals surface area contributed by atoms with E-state index in [9.17, 15) is 4.79 Å². The first kappa shape index (κ1) is 9.93. The molecule has 0 bridgehead atoms. The van der Waals surface area contributed by atoms with Crippen LogP contribution in [0.3, 0.4) is 0 Å². The maximum Gasteiger partial charge on any atom is 0.223 e. The molecule has 0 radical (unpaired) electrons.